The van der Waals surface area contributed by atoms with Crippen LogP contribution in [-0.2, 0) is 6.54 Å². The van der Waals surface area contributed by atoms with Crippen molar-refractivity contribution < 1.29 is 14.3 Å². The molecule has 0 atom stereocenters. The third-order valence-corrected chi connectivity index (χ3v) is 2.70. The maximum Gasteiger partial charge on any atom is 0.312 e. The van der Waals surface area contributed by atoms with E-state index in [9.17, 15) is 4.79 Å². The van der Waals surface area contributed by atoms with E-state index in [0.717, 1.165) is 5.56 Å². The summed E-state index contributed by atoms with van der Waals surface area (Å²) in [5.41, 5.74) is 5.91. The Kier molecular flexibility index (Phi) is 6.24. The van der Waals surface area contributed by atoms with Crippen LogP contribution in [0.1, 0.15) is 5.56 Å². The molecule has 1 aromatic rings. The highest BCUT2D eigenvalue weighted by Crippen LogP contribution is 2.35. The lowest BCUT2D eigenvalue weighted by Gasteiger charge is -2.12. The van der Waals surface area contributed by atoms with E-state index in [1.165, 1.54) is 7.11 Å². The van der Waals surface area contributed by atoms with Crippen LogP contribution in [0.5, 0.6) is 11.5 Å². The molecule has 0 heterocycles. The Hall–Kier alpha value is -1.66. The van der Waals surface area contributed by atoms with Crippen molar-refractivity contribution in [1.29, 1.82) is 0 Å². The van der Waals surface area contributed by atoms with Gasteiger partial charge in [0.2, 0.25) is 0 Å². The van der Waals surface area contributed by atoms with Crippen LogP contribution >= 0.6 is 11.6 Å². The Morgan fingerprint density at radius 1 is 1.32 bits per heavy atom. The number of amides is 2. The number of hydrogen-bond donors (Lipinski definition) is 3. The molecule has 0 saturated carbocycles. The second kappa shape index (κ2) is 7.70. The Morgan fingerprint density at radius 2 is 2.05 bits per heavy atom. The normalized spacial score (nSPS) is 10.1. The van der Waals surface area contributed by atoms with Crippen LogP contribution in [0.15, 0.2) is 12.1 Å². The molecule has 0 unspecified atom stereocenters. The van der Waals surface area contributed by atoms with Gasteiger partial charge in [0.15, 0.2) is 11.5 Å². The minimum atomic E-state index is -0.532. The Balaban J connectivity index is 2.55. The van der Waals surface area contributed by atoms with Crippen molar-refractivity contribution in [1.82, 2.24) is 10.6 Å². The maximum absolute atomic E-state index is 10.5. The Labute approximate surface area is 117 Å². The smallest absolute Gasteiger partial charge is 0.312 e. The van der Waals surface area contributed by atoms with Crippen LogP contribution in [0.3, 0.4) is 0 Å². The van der Waals surface area contributed by atoms with Gasteiger partial charge in [0.25, 0.3) is 0 Å². The molecule has 1 aromatic carbocycles. The summed E-state index contributed by atoms with van der Waals surface area (Å²) >= 11 is 6.09. The summed E-state index contributed by atoms with van der Waals surface area (Å²) in [5, 5.41) is 6.13. The van der Waals surface area contributed by atoms with E-state index in [4.69, 9.17) is 26.8 Å². The molecule has 19 heavy (non-hydrogen) atoms. The van der Waals surface area contributed by atoms with Crippen molar-refractivity contribution in [3.05, 3.63) is 22.7 Å². The van der Waals surface area contributed by atoms with Gasteiger partial charge in [0.1, 0.15) is 0 Å². The Bertz CT molecular complexity index is 440. The van der Waals surface area contributed by atoms with E-state index in [2.05, 4.69) is 10.6 Å². The molecule has 0 radical (unpaired) electrons. The number of rotatable bonds is 7. The molecule has 6 nitrogen and oxygen atoms in total. The highest BCUT2D eigenvalue weighted by molar-refractivity contribution is 6.32. The predicted octanol–water partition coefficient (Wildman–Crippen LogP) is 1.12. The molecule has 0 fully saturated rings. The lowest BCUT2D eigenvalue weighted by Crippen LogP contribution is -2.35. The van der Waals surface area contributed by atoms with Crippen LogP contribution in [-0.4, -0.2) is 33.3 Å². The van der Waals surface area contributed by atoms with Gasteiger partial charge in [-0.3, -0.25) is 0 Å². The zero-order valence-electron chi connectivity index (χ0n) is 11.0. The lowest BCUT2D eigenvalue weighted by atomic mass is 10.2. The number of carbonyl (C=O) groups is 1. The number of hydrogen-bond acceptors (Lipinski definition) is 4. The van der Waals surface area contributed by atoms with E-state index in [1.54, 1.807) is 13.2 Å². The number of methoxy groups -OCH3 is 2. The minimum absolute atomic E-state index is 0.469. The third kappa shape index (κ3) is 4.84. The van der Waals surface area contributed by atoms with Crippen molar-refractivity contribution in [3.63, 3.8) is 0 Å². The monoisotopic (exact) mass is 287 g/mol. The molecule has 0 spiro atoms. The van der Waals surface area contributed by atoms with E-state index in [0.29, 0.717) is 36.2 Å². The molecule has 0 aliphatic rings. The number of nitrogens with one attached hydrogen (secondary N) is 2. The maximum atomic E-state index is 10.5. The average molecular weight is 288 g/mol. The first-order valence-corrected chi connectivity index (χ1v) is 6.10. The van der Waals surface area contributed by atoms with Crippen molar-refractivity contribution in [2.24, 2.45) is 5.73 Å². The molecule has 0 aliphatic heterocycles. The van der Waals surface area contributed by atoms with Crippen LogP contribution in [0.4, 0.5) is 4.79 Å². The zero-order valence-corrected chi connectivity index (χ0v) is 11.7. The summed E-state index contributed by atoms with van der Waals surface area (Å²) in [6.07, 6.45) is 0. The number of benzene rings is 1. The van der Waals surface area contributed by atoms with E-state index in [1.807, 2.05) is 6.07 Å². The summed E-state index contributed by atoms with van der Waals surface area (Å²) in [6, 6.07) is 3.12. The van der Waals surface area contributed by atoms with Gasteiger partial charge in [-0.1, -0.05) is 11.6 Å². The quantitative estimate of drug-likeness (QED) is 0.656. The van der Waals surface area contributed by atoms with Gasteiger partial charge in [-0.15, -0.1) is 0 Å². The lowest BCUT2D eigenvalue weighted by molar-refractivity contribution is 0.249. The summed E-state index contributed by atoms with van der Waals surface area (Å²) in [7, 11) is 3.10. The van der Waals surface area contributed by atoms with Crippen LogP contribution in [0.2, 0.25) is 5.02 Å². The zero-order chi connectivity index (χ0) is 14.3. The summed E-state index contributed by atoms with van der Waals surface area (Å²) in [6.45, 7) is 1.67. The molecular weight excluding hydrogens is 270 g/mol. The van der Waals surface area contributed by atoms with E-state index >= 15 is 0 Å². The Morgan fingerprint density at radius 3 is 2.63 bits per heavy atom. The fourth-order valence-corrected chi connectivity index (χ4v) is 1.89. The fraction of sp³-hybridized carbons (Fsp3) is 0.417. The second-order valence-electron chi connectivity index (χ2n) is 3.78. The topological polar surface area (TPSA) is 85.6 Å². The van der Waals surface area contributed by atoms with Crippen molar-refractivity contribution in [2.45, 2.75) is 6.54 Å². The molecule has 0 bridgehead atoms. The number of ether oxygens (including phenoxy) is 2. The molecular formula is C12H18ClN3O3. The molecule has 0 saturated heterocycles. The van der Waals surface area contributed by atoms with Crippen molar-refractivity contribution >= 4 is 17.6 Å². The van der Waals surface area contributed by atoms with Crippen LogP contribution in [0.25, 0.3) is 0 Å². The number of primary amides is 1. The van der Waals surface area contributed by atoms with Gasteiger partial charge >= 0.3 is 6.03 Å². The highest BCUT2D eigenvalue weighted by atomic mass is 35.5. The van der Waals surface area contributed by atoms with Crippen molar-refractivity contribution in [3.8, 4) is 11.5 Å². The first kappa shape index (κ1) is 15.4. The average Bonchev–Trinajstić information content (AvgIpc) is 2.37. The van der Waals surface area contributed by atoms with Gasteiger partial charge in [0.05, 0.1) is 19.2 Å². The van der Waals surface area contributed by atoms with E-state index < -0.39 is 6.03 Å². The van der Waals surface area contributed by atoms with Crippen LogP contribution < -0.4 is 25.8 Å². The molecule has 0 aliphatic carbocycles. The summed E-state index contributed by atoms with van der Waals surface area (Å²) in [4.78, 5) is 10.5. The first-order valence-electron chi connectivity index (χ1n) is 5.73. The molecule has 0 aromatic heterocycles. The molecule has 1 rings (SSSR count). The van der Waals surface area contributed by atoms with Gasteiger partial charge in [-0.2, -0.15) is 0 Å². The minimum Gasteiger partial charge on any atom is -0.493 e. The fourth-order valence-electron chi connectivity index (χ4n) is 1.58. The molecule has 7 heteroatoms. The second-order valence-corrected chi connectivity index (χ2v) is 4.19. The molecule has 106 valence electrons. The SMILES string of the molecule is COc1cc(CNCCNC(N)=O)cc(Cl)c1OC. The number of urea groups is 1. The van der Waals surface area contributed by atoms with E-state index in [-0.39, 0.29) is 0 Å². The predicted molar refractivity (Wildman–Crippen MR) is 73.8 cm³/mol. The van der Waals surface area contributed by atoms with Crippen LogP contribution in [0, 0.1) is 0 Å². The summed E-state index contributed by atoms with van der Waals surface area (Å²) in [5.74, 6) is 1.10. The van der Waals surface area contributed by atoms with Gasteiger partial charge in [0, 0.05) is 19.6 Å². The molecule has 2 amide bonds. The summed E-state index contributed by atoms with van der Waals surface area (Å²) < 4.78 is 10.4. The largest absolute Gasteiger partial charge is 0.493 e. The number of nitrogens with two attached hydrogens (primary N) is 1. The highest BCUT2D eigenvalue weighted by Gasteiger charge is 2.10. The number of halogens is 1. The van der Waals surface area contributed by atoms with Gasteiger partial charge in [-0.05, 0) is 17.7 Å². The van der Waals surface area contributed by atoms with Crippen molar-refractivity contribution in [2.75, 3.05) is 27.3 Å². The first-order chi connectivity index (χ1) is 9.08. The van der Waals surface area contributed by atoms with Gasteiger partial charge in [-0.25, -0.2) is 4.79 Å². The number of carbonyl (C=O) groups excluding carboxylic acids is 1. The third-order valence-electron chi connectivity index (χ3n) is 2.42. The standard InChI is InChI=1S/C12H18ClN3O3/c1-18-10-6-8(5-9(13)11(10)19-2)7-15-3-4-16-12(14)17/h5-6,15H,3-4,7H2,1-2H3,(H3,14,16,17). The molecule has 4 N–H and O–H groups in total. The van der Waals surface area contributed by atoms with Gasteiger partial charge < -0.3 is 25.8 Å².